The molecule has 0 spiro atoms. The first-order chi connectivity index (χ1) is 15.0. The number of ether oxygens (including phenoxy) is 3. The molecule has 0 saturated heterocycles. The highest BCUT2D eigenvalue weighted by Crippen LogP contribution is 2.35. The molecular weight excluding hydrogens is 423 g/mol. The molecule has 0 amide bonds. The monoisotopic (exact) mass is 438 g/mol. The second-order valence-electron chi connectivity index (χ2n) is 6.67. The highest BCUT2D eigenvalue weighted by molar-refractivity contribution is 6.32. The van der Waals surface area contributed by atoms with Crippen LogP contribution in [0.25, 0.3) is 6.08 Å². The number of hydrogen-bond acceptors (Lipinski definition) is 5. The van der Waals surface area contributed by atoms with Crippen LogP contribution in [0.2, 0.25) is 5.02 Å². The molecule has 156 valence electrons. The van der Waals surface area contributed by atoms with Gasteiger partial charge in [0.1, 0.15) is 23.1 Å². The SMILES string of the molecule is COc1ccc(C(=O)COc2ccc3c(c2)O/C(=C\c2c(F)cccc2Cl)C3=O)cc1. The molecule has 0 radical (unpaired) electrons. The Morgan fingerprint density at radius 1 is 1.10 bits per heavy atom. The molecule has 5 nitrogen and oxygen atoms in total. The lowest BCUT2D eigenvalue weighted by atomic mass is 10.1. The van der Waals surface area contributed by atoms with Gasteiger partial charge in [-0.1, -0.05) is 17.7 Å². The van der Waals surface area contributed by atoms with Gasteiger partial charge in [-0.25, -0.2) is 4.39 Å². The van der Waals surface area contributed by atoms with E-state index >= 15 is 0 Å². The molecule has 0 fully saturated rings. The minimum Gasteiger partial charge on any atom is -0.497 e. The van der Waals surface area contributed by atoms with Crippen molar-refractivity contribution >= 4 is 29.2 Å². The van der Waals surface area contributed by atoms with Crippen LogP contribution in [-0.4, -0.2) is 25.3 Å². The Bertz CT molecular complexity index is 1180. The minimum absolute atomic E-state index is 0.0477. The van der Waals surface area contributed by atoms with Gasteiger partial charge in [0.15, 0.2) is 18.1 Å². The number of ketones is 2. The average molecular weight is 439 g/mol. The summed E-state index contributed by atoms with van der Waals surface area (Å²) in [5, 5.41) is 0.168. The maximum atomic E-state index is 14.0. The van der Waals surface area contributed by atoms with E-state index in [1.165, 1.54) is 36.4 Å². The van der Waals surface area contributed by atoms with E-state index in [9.17, 15) is 14.0 Å². The van der Waals surface area contributed by atoms with E-state index in [0.29, 0.717) is 22.6 Å². The van der Waals surface area contributed by atoms with Gasteiger partial charge in [0, 0.05) is 17.2 Å². The van der Waals surface area contributed by atoms with Crippen LogP contribution in [0, 0.1) is 5.82 Å². The molecule has 1 aliphatic rings. The minimum atomic E-state index is -0.562. The van der Waals surface area contributed by atoms with Crippen LogP contribution in [-0.2, 0) is 0 Å². The zero-order valence-corrected chi connectivity index (χ0v) is 17.1. The van der Waals surface area contributed by atoms with Crippen LogP contribution >= 0.6 is 11.6 Å². The van der Waals surface area contributed by atoms with Crippen molar-refractivity contribution in [1.29, 1.82) is 0 Å². The van der Waals surface area contributed by atoms with Gasteiger partial charge >= 0.3 is 0 Å². The summed E-state index contributed by atoms with van der Waals surface area (Å²) in [6, 6.07) is 15.6. The zero-order valence-electron chi connectivity index (χ0n) is 16.4. The molecule has 3 aromatic rings. The van der Waals surface area contributed by atoms with Gasteiger partial charge in [-0.2, -0.15) is 0 Å². The molecule has 0 N–H and O–H groups in total. The summed E-state index contributed by atoms with van der Waals surface area (Å²) >= 11 is 6.02. The summed E-state index contributed by atoms with van der Waals surface area (Å²) < 4.78 is 30.3. The lowest BCUT2D eigenvalue weighted by molar-refractivity contribution is 0.0920. The molecule has 0 bridgehead atoms. The van der Waals surface area contributed by atoms with Gasteiger partial charge in [-0.3, -0.25) is 9.59 Å². The van der Waals surface area contributed by atoms with Crippen LogP contribution in [0.15, 0.2) is 66.4 Å². The molecule has 4 rings (SSSR count). The Hall–Kier alpha value is -3.64. The summed E-state index contributed by atoms with van der Waals surface area (Å²) in [6.07, 6.45) is 1.27. The Kier molecular flexibility index (Phi) is 5.73. The number of benzene rings is 3. The third-order valence-electron chi connectivity index (χ3n) is 4.70. The second-order valence-corrected chi connectivity index (χ2v) is 7.08. The number of rotatable bonds is 6. The van der Waals surface area contributed by atoms with Gasteiger partial charge in [0.05, 0.1) is 17.7 Å². The Morgan fingerprint density at radius 3 is 2.55 bits per heavy atom. The number of hydrogen-bond donors (Lipinski definition) is 0. The number of carbonyl (C=O) groups is 2. The molecule has 1 heterocycles. The van der Waals surface area contributed by atoms with E-state index in [2.05, 4.69) is 0 Å². The fourth-order valence-corrected chi connectivity index (χ4v) is 3.26. The van der Waals surface area contributed by atoms with Crippen LogP contribution in [0.1, 0.15) is 26.3 Å². The van der Waals surface area contributed by atoms with Crippen LogP contribution in [0.3, 0.4) is 0 Å². The van der Waals surface area contributed by atoms with Gasteiger partial charge in [0.25, 0.3) is 0 Å². The molecule has 3 aromatic carbocycles. The summed E-state index contributed by atoms with van der Waals surface area (Å²) in [4.78, 5) is 24.9. The molecule has 31 heavy (non-hydrogen) atoms. The number of halogens is 2. The highest BCUT2D eigenvalue weighted by atomic mass is 35.5. The maximum Gasteiger partial charge on any atom is 0.231 e. The van der Waals surface area contributed by atoms with Crippen LogP contribution in [0.5, 0.6) is 17.2 Å². The van der Waals surface area contributed by atoms with Gasteiger partial charge in [-0.05, 0) is 54.6 Å². The molecule has 0 aromatic heterocycles. The maximum absolute atomic E-state index is 14.0. The average Bonchev–Trinajstić information content (AvgIpc) is 3.09. The summed E-state index contributed by atoms with van der Waals surface area (Å²) in [6.45, 7) is -0.188. The molecule has 0 saturated carbocycles. The Labute approximate surface area is 182 Å². The van der Waals surface area contributed by atoms with Gasteiger partial charge in [-0.15, -0.1) is 0 Å². The molecule has 1 aliphatic heterocycles. The third-order valence-corrected chi connectivity index (χ3v) is 5.03. The zero-order chi connectivity index (χ0) is 22.0. The number of Topliss-reactive ketones (excluding diaryl/α,β-unsaturated/α-hetero) is 2. The molecule has 0 aliphatic carbocycles. The first kappa shape index (κ1) is 20.6. The largest absolute Gasteiger partial charge is 0.497 e. The third kappa shape index (κ3) is 4.29. The normalized spacial score (nSPS) is 13.6. The second kappa shape index (κ2) is 8.62. The molecule has 7 heteroatoms. The Morgan fingerprint density at radius 2 is 1.84 bits per heavy atom. The smallest absolute Gasteiger partial charge is 0.231 e. The van der Waals surface area contributed by atoms with Crippen molar-refractivity contribution in [2.45, 2.75) is 0 Å². The first-order valence-electron chi connectivity index (χ1n) is 9.28. The summed E-state index contributed by atoms with van der Waals surface area (Å²) in [5.74, 6) is 0.0575. The lowest BCUT2D eigenvalue weighted by Gasteiger charge is -2.07. The fourth-order valence-electron chi connectivity index (χ4n) is 3.05. The van der Waals surface area contributed by atoms with Crippen LogP contribution in [0.4, 0.5) is 4.39 Å². The van der Waals surface area contributed by atoms with Crippen molar-refractivity contribution in [3.05, 3.63) is 94.0 Å². The van der Waals surface area contributed by atoms with E-state index < -0.39 is 11.6 Å². The Balaban J connectivity index is 1.48. The number of carbonyl (C=O) groups excluding carboxylic acids is 2. The standard InChI is InChI=1S/C24H16ClFO5/c1-29-15-7-5-14(6-8-15)21(27)13-30-16-9-10-17-22(11-16)31-23(24(17)28)12-18-19(25)3-2-4-20(18)26/h2-12H,13H2,1H3/b23-12-. The number of methoxy groups -OCH3 is 1. The quantitative estimate of drug-likeness (QED) is 0.382. The molecule has 0 unspecified atom stereocenters. The first-order valence-corrected chi connectivity index (χ1v) is 9.66. The highest BCUT2D eigenvalue weighted by Gasteiger charge is 2.28. The lowest BCUT2D eigenvalue weighted by Crippen LogP contribution is -2.11. The predicted molar refractivity (Wildman–Crippen MR) is 114 cm³/mol. The molecular formula is C24H16ClFO5. The number of fused-ring (bicyclic) bond motifs is 1. The van der Waals surface area contributed by atoms with E-state index in [4.69, 9.17) is 25.8 Å². The van der Waals surface area contributed by atoms with E-state index in [1.807, 2.05) is 0 Å². The summed E-state index contributed by atoms with van der Waals surface area (Å²) in [7, 11) is 1.55. The topological polar surface area (TPSA) is 61.8 Å². The van der Waals surface area contributed by atoms with Crippen LogP contribution < -0.4 is 14.2 Å². The van der Waals surface area contributed by atoms with Crippen molar-refractivity contribution in [2.75, 3.05) is 13.7 Å². The fraction of sp³-hybridized carbons (Fsp3) is 0.0833. The van der Waals surface area contributed by atoms with Gasteiger partial charge < -0.3 is 14.2 Å². The summed E-state index contributed by atoms with van der Waals surface area (Å²) in [5.41, 5.74) is 0.870. The number of allylic oxidation sites excluding steroid dienone is 1. The predicted octanol–water partition coefficient (Wildman–Crippen LogP) is 5.37. The van der Waals surface area contributed by atoms with Crippen molar-refractivity contribution in [1.82, 2.24) is 0 Å². The van der Waals surface area contributed by atoms with Crippen molar-refractivity contribution in [3.63, 3.8) is 0 Å². The van der Waals surface area contributed by atoms with Crippen molar-refractivity contribution in [3.8, 4) is 17.2 Å². The molecule has 0 atom stereocenters. The van der Waals surface area contributed by atoms with E-state index in [0.717, 1.165) is 0 Å². The van der Waals surface area contributed by atoms with Crippen molar-refractivity contribution < 1.29 is 28.2 Å². The van der Waals surface area contributed by atoms with Gasteiger partial charge in [0.2, 0.25) is 5.78 Å². The van der Waals surface area contributed by atoms with E-state index in [1.54, 1.807) is 37.4 Å². The van der Waals surface area contributed by atoms with E-state index in [-0.39, 0.29) is 34.5 Å². The van der Waals surface area contributed by atoms with Crippen molar-refractivity contribution in [2.24, 2.45) is 0 Å².